The normalized spacial score (nSPS) is 13.5. The van der Waals surface area contributed by atoms with E-state index in [4.69, 9.17) is 0 Å². The number of alkyl halides is 3. The first-order valence-electron chi connectivity index (χ1n) is 9.27. The zero-order chi connectivity index (χ0) is 22.2. The third-order valence-corrected chi connectivity index (χ3v) is 5.60. The average molecular weight is 443 g/mol. The van der Waals surface area contributed by atoms with Crippen molar-refractivity contribution in [1.82, 2.24) is 9.88 Å². The fourth-order valence-corrected chi connectivity index (χ4v) is 4.02. The van der Waals surface area contributed by atoms with Gasteiger partial charge in [0, 0.05) is 40.7 Å². The number of carbonyl (C=O) groups is 2. The lowest BCUT2D eigenvalue weighted by atomic mass is 10.1. The van der Waals surface area contributed by atoms with Gasteiger partial charge in [-0.3, -0.25) is 9.59 Å². The van der Waals surface area contributed by atoms with Crippen molar-refractivity contribution in [3.63, 3.8) is 0 Å². The summed E-state index contributed by atoms with van der Waals surface area (Å²) in [4.78, 5) is 30.5. The molecule has 1 aliphatic heterocycles. The number of fused-ring (bicyclic) bond motifs is 1. The summed E-state index contributed by atoms with van der Waals surface area (Å²) >= 11 is 1.11. The minimum atomic E-state index is -4.44. The van der Waals surface area contributed by atoms with Gasteiger partial charge in [0.1, 0.15) is 0 Å². The van der Waals surface area contributed by atoms with Crippen LogP contribution in [-0.4, -0.2) is 28.2 Å². The molecule has 2 aromatic carbocycles. The van der Waals surface area contributed by atoms with Gasteiger partial charge in [0.2, 0.25) is 5.91 Å². The number of hydrogen-bond acceptors (Lipinski definition) is 4. The first kappa shape index (κ1) is 20.8. The second-order valence-electron chi connectivity index (χ2n) is 6.86. The lowest BCUT2D eigenvalue weighted by Crippen LogP contribution is -2.27. The SMILES string of the molecule is C=C1c2ccccc2C(=O)N1CCC(=O)Nc1nc(-c2cccc(C(F)(F)F)c2)cs1. The van der Waals surface area contributed by atoms with E-state index in [2.05, 4.69) is 16.9 Å². The first-order chi connectivity index (χ1) is 14.7. The summed E-state index contributed by atoms with van der Waals surface area (Å²) in [6, 6.07) is 12.0. The summed E-state index contributed by atoms with van der Waals surface area (Å²) in [5.41, 5.74) is 1.74. The first-order valence-corrected chi connectivity index (χ1v) is 10.1. The lowest BCUT2D eigenvalue weighted by Gasteiger charge is -2.16. The number of aromatic nitrogens is 1. The summed E-state index contributed by atoms with van der Waals surface area (Å²) in [7, 11) is 0. The molecule has 9 heteroatoms. The van der Waals surface area contributed by atoms with Crippen molar-refractivity contribution in [2.75, 3.05) is 11.9 Å². The number of carbonyl (C=O) groups excluding carboxylic acids is 2. The van der Waals surface area contributed by atoms with E-state index in [0.29, 0.717) is 22.5 Å². The van der Waals surface area contributed by atoms with Crippen molar-refractivity contribution in [1.29, 1.82) is 0 Å². The van der Waals surface area contributed by atoms with Gasteiger partial charge in [-0.1, -0.05) is 36.9 Å². The molecule has 31 heavy (non-hydrogen) atoms. The van der Waals surface area contributed by atoms with E-state index in [1.54, 1.807) is 23.6 Å². The molecule has 3 aromatic rings. The number of halogens is 3. The van der Waals surface area contributed by atoms with Gasteiger partial charge in [0.15, 0.2) is 5.13 Å². The van der Waals surface area contributed by atoms with Crippen LogP contribution in [0.4, 0.5) is 18.3 Å². The van der Waals surface area contributed by atoms with Crippen molar-refractivity contribution in [2.24, 2.45) is 0 Å². The van der Waals surface area contributed by atoms with E-state index in [1.165, 1.54) is 17.0 Å². The maximum absolute atomic E-state index is 12.9. The highest BCUT2D eigenvalue weighted by atomic mass is 32.1. The van der Waals surface area contributed by atoms with Crippen LogP contribution in [0.2, 0.25) is 0 Å². The van der Waals surface area contributed by atoms with Crippen LogP contribution in [0.3, 0.4) is 0 Å². The minimum absolute atomic E-state index is 0.0250. The maximum atomic E-state index is 12.9. The van der Waals surface area contributed by atoms with E-state index in [0.717, 1.165) is 29.0 Å². The lowest BCUT2D eigenvalue weighted by molar-refractivity contribution is -0.137. The fourth-order valence-electron chi connectivity index (χ4n) is 3.28. The number of nitrogens with one attached hydrogen (secondary N) is 1. The van der Waals surface area contributed by atoms with Crippen molar-refractivity contribution in [3.8, 4) is 11.3 Å². The Kier molecular flexibility index (Phi) is 5.36. The van der Waals surface area contributed by atoms with Crippen molar-refractivity contribution >= 4 is 34.0 Å². The van der Waals surface area contributed by atoms with Crippen molar-refractivity contribution < 1.29 is 22.8 Å². The van der Waals surface area contributed by atoms with Gasteiger partial charge in [0.25, 0.3) is 5.91 Å². The summed E-state index contributed by atoms with van der Waals surface area (Å²) in [6.07, 6.45) is -4.42. The molecular weight excluding hydrogens is 427 g/mol. The Balaban J connectivity index is 1.38. The number of anilines is 1. The van der Waals surface area contributed by atoms with Gasteiger partial charge >= 0.3 is 6.18 Å². The monoisotopic (exact) mass is 443 g/mol. The van der Waals surface area contributed by atoms with Gasteiger partial charge in [-0.2, -0.15) is 13.2 Å². The highest BCUT2D eigenvalue weighted by Crippen LogP contribution is 2.33. The quantitative estimate of drug-likeness (QED) is 0.583. The topological polar surface area (TPSA) is 62.3 Å². The molecule has 0 aliphatic carbocycles. The minimum Gasteiger partial charge on any atom is -0.308 e. The van der Waals surface area contributed by atoms with E-state index in [1.807, 2.05) is 6.07 Å². The Bertz CT molecular complexity index is 1150. The molecule has 5 nitrogen and oxygen atoms in total. The van der Waals surface area contributed by atoms with Crippen LogP contribution in [-0.2, 0) is 11.0 Å². The molecule has 4 rings (SSSR count). The second kappa shape index (κ2) is 7.99. The van der Waals surface area contributed by atoms with Crippen molar-refractivity contribution in [2.45, 2.75) is 12.6 Å². The van der Waals surface area contributed by atoms with E-state index in [9.17, 15) is 22.8 Å². The zero-order valence-corrected chi connectivity index (χ0v) is 16.9. The van der Waals surface area contributed by atoms with Gasteiger partial charge in [-0.25, -0.2) is 4.98 Å². The third-order valence-electron chi connectivity index (χ3n) is 4.84. The van der Waals surface area contributed by atoms with Crippen LogP contribution in [0.15, 0.2) is 60.5 Å². The fraction of sp³-hybridized carbons (Fsp3) is 0.136. The molecule has 0 saturated heterocycles. The van der Waals surface area contributed by atoms with Gasteiger partial charge in [-0.15, -0.1) is 11.3 Å². The Morgan fingerprint density at radius 2 is 1.87 bits per heavy atom. The standard InChI is InChI=1S/C22H16F3N3O2S/c1-13-16-7-2-3-8-17(16)20(30)28(13)10-9-19(29)27-21-26-18(12-31-21)14-5-4-6-15(11-14)22(23,24)25/h2-8,11-12H,1,9-10H2,(H,26,27,29). The summed E-state index contributed by atoms with van der Waals surface area (Å²) in [5, 5.41) is 4.48. The molecule has 0 unspecified atom stereocenters. The van der Waals surface area contributed by atoms with Gasteiger partial charge in [0.05, 0.1) is 11.3 Å². The Morgan fingerprint density at radius 1 is 1.13 bits per heavy atom. The largest absolute Gasteiger partial charge is 0.416 e. The highest BCUT2D eigenvalue weighted by molar-refractivity contribution is 7.14. The van der Waals surface area contributed by atoms with Crippen LogP contribution >= 0.6 is 11.3 Å². The number of nitrogens with zero attached hydrogens (tertiary/aromatic N) is 2. The molecular formula is C22H16F3N3O2S. The summed E-state index contributed by atoms with van der Waals surface area (Å²) < 4.78 is 38.7. The smallest absolute Gasteiger partial charge is 0.308 e. The van der Waals surface area contributed by atoms with Crippen LogP contribution < -0.4 is 5.32 Å². The number of benzene rings is 2. The molecule has 0 fully saturated rings. The molecule has 0 saturated carbocycles. The zero-order valence-electron chi connectivity index (χ0n) is 16.1. The molecule has 0 radical (unpaired) electrons. The number of rotatable bonds is 5. The van der Waals surface area contributed by atoms with E-state index < -0.39 is 11.7 Å². The molecule has 1 aliphatic rings. The Morgan fingerprint density at radius 3 is 2.58 bits per heavy atom. The molecule has 2 heterocycles. The van der Waals surface area contributed by atoms with Crippen LogP contribution in [0, 0.1) is 0 Å². The molecule has 2 amide bonds. The maximum Gasteiger partial charge on any atom is 0.416 e. The Hall–Kier alpha value is -3.46. The number of thiazole rings is 1. The molecule has 158 valence electrons. The number of hydrogen-bond donors (Lipinski definition) is 1. The van der Waals surface area contributed by atoms with E-state index in [-0.39, 0.29) is 29.9 Å². The van der Waals surface area contributed by atoms with Gasteiger partial charge in [-0.05, 0) is 18.2 Å². The van der Waals surface area contributed by atoms with Crippen molar-refractivity contribution in [3.05, 3.63) is 77.2 Å². The molecule has 0 bridgehead atoms. The van der Waals surface area contributed by atoms with E-state index >= 15 is 0 Å². The molecule has 1 N–H and O–H groups in total. The Labute approximate surface area is 179 Å². The number of amides is 2. The van der Waals surface area contributed by atoms with Crippen LogP contribution in [0.5, 0.6) is 0 Å². The summed E-state index contributed by atoms with van der Waals surface area (Å²) in [5.74, 6) is -0.559. The molecule has 0 atom stereocenters. The molecule has 1 aromatic heterocycles. The van der Waals surface area contributed by atoms with Gasteiger partial charge < -0.3 is 10.2 Å². The van der Waals surface area contributed by atoms with Crippen LogP contribution in [0.1, 0.15) is 27.9 Å². The summed E-state index contributed by atoms with van der Waals surface area (Å²) in [6.45, 7) is 4.09. The average Bonchev–Trinajstić information content (AvgIpc) is 3.30. The second-order valence-corrected chi connectivity index (χ2v) is 7.72. The predicted molar refractivity (Wildman–Crippen MR) is 112 cm³/mol. The molecule has 0 spiro atoms. The predicted octanol–water partition coefficient (Wildman–Crippen LogP) is 5.28. The highest BCUT2D eigenvalue weighted by Gasteiger charge is 2.31. The van der Waals surface area contributed by atoms with Crippen LogP contribution in [0.25, 0.3) is 17.0 Å². The third kappa shape index (κ3) is 4.22.